The molecule has 1 rings (SSSR count). The number of rotatable bonds is 5. The molecular weight excluding hydrogens is 228 g/mol. The predicted molar refractivity (Wildman–Crippen MR) is 58.0 cm³/mol. The summed E-state index contributed by atoms with van der Waals surface area (Å²) < 4.78 is 25.7. The molecule has 6 heteroatoms. The minimum absolute atomic E-state index is 0.0379. The number of nitriles is 1. The molecule has 0 aliphatic carbocycles. The van der Waals surface area contributed by atoms with Crippen molar-refractivity contribution in [2.24, 2.45) is 0 Å². The van der Waals surface area contributed by atoms with E-state index in [2.05, 4.69) is 4.72 Å². The van der Waals surface area contributed by atoms with Gasteiger partial charge < -0.3 is 5.11 Å². The minimum Gasteiger partial charge on any atom is -0.395 e. The maximum atomic E-state index is 11.8. The third-order valence-corrected chi connectivity index (χ3v) is 3.50. The third-order valence-electron chi connectivity index (χ3n) is 1.94. The summed E-state index contributed by atoms with van der Waals surface area (Å²) in [6, 6.07) is 8.21. The lowest BCUT2D eigenvalue weighted by Gasteiger charge is -2.08. The van der Waals surface area contributed by atoms with E-state index >= 15 is 0 Å². The van der Waals surface area contributed by atoms with Crippen LogP contribution in [-0.2, 0) is 16.4 Å². The largest absolute Gasteiger partial charge is 0.395 e. The van der Waals surface area contributed by atoms with E-state index in [1.54, 1.807) is 18.2 Å². The molecular formula is C10H12N2O3S. The number of hydrogen-bond acceptors (Lipinski definition) is 4. The molecule has 0 amide bonds. The van der Waals surface area contributed by atoms with Gasteiger partial charge in [-0.15, -0.1) is 0 Å². The van der Waals surface area contributed by atoms with Gasteiger partial charge in [-0.1, -0.05) is 18.2 Å². The highest BCUT2D eigenvalue weighted by Crippen LogP contribution is 2.15. The number of aliphatic hydroxyl groups excluding tert-OH is 1. The number of sulfonamides is 1. The second kappa shape index (κ2) is 5.61. The summed E-state index contributed by atoms with van der Waals surface area (Å²) in [5.41, 5.74) is 0.454. The normalized spacial score (nSPS) is 11.0. The van der Waals surface area contributed by atoms with Gasteiger partial charge >= 0.3 is 0 Å². The second-order valence-corrected chi connectivity index (χ2v) is 4.80. The van der Waals surface area contributed by atoms with Gasteiger partial charge in [0.1, 0.15) is 0 Å². The van der Waals surface area contributed by atoms with E-state index in [0.717, 1.165) is 0 Å². The number of benzene rings is 1. The Morgan fingerprint density at radius 2 is 2.06 bits per heavy atom. The molecule has 0 fully saturated rings. The Labute approximate surface area is 94.4 Å². The first-order valence-electron chi connectivity index (χ1n) is 4.67. The van der Waals surface area contributed by atoms with Crippen molar-refractivity contribution in [3.63, 3.8) is 0 Å². The van der Waals surface area contributed by atoms with Gasteiger partial charge in [-0.05, 0) is 11.6 Å². The number of nitrogens with one attached hydrogen (secondary N) is 1. The van der Waals surface area contributed by atoms with Crippen LogP contribution in [0.1, 0.15) is 5.56 Å². The lowest BCUT2D eigenvalue weighted by Crippen LogP contribution is -2.27. The first-order chi connectivity index (χ1) is 7.61. The van der Waals surface area contributed by atoms with Crippen molar-refractivity contribution in [3.8, 4) is 6.07 Å². The topological polar surface area (TPSA) is 90.2 Å². The molecule has 1 aromatic carbocycles. The van der Waals surface area contributed by atoms with Crippen molar-refractivity contribution in [2.45, 2.75) is 11.3 Å². The fraction of sp³-hybridized carbons (Fsp3) is 0.300. The van der Waals surface area contributed by atoms with E-state index in [-0.39, 0.29) is 24.5 Å². The van der Waals surface area contributed by atoms with Crippen LogP contribution in [0.15, 0.2) is 29.2 Å². The molecule has 0 heterocycles. The van der Waals surface area contributed by atoms with Gasteiger partial charge in [0.25, 0.3) is 0 Å². The van der Waals surface area contributed by atoms with Gasteiger partial charge in [0.05, 0.1) is 24.0 Å². The molecule has 0 aromatic heterocycles. The van der Waals surface area contributed by atoms with Gasteiger partial charge in [-0.25, -0.2) is 13.1 Å². The average molecular weight is 240 g/mol. The second-order valence-electron chi connectivity index (χ2n) is 3.06. The number of hydrogen-bond donors (Lipinski definition) is 2. The molecule has 0 aliphatic heterocycles. The lowest BCUT2D eigenvalue weighted by molar-refractivity contribution is 0.301. The van der Waals surface area contributed by atoms with E-state index in [1.165, 1.54) is 6.07 Å². The molecule has 0 aliphatic rings. The third kappa shape index (κ3) is 3.03. The molecule has 1 aromatic rings. The Bertz CT molecular complexity index is 491. The highest BCUT2D eigenvalue weighted by molar-refractivity contribution is 7.89. The zero-order valence-electron chi connectivity index (χ0n) is 8.55. The average Bonchev–Trinajstić information content (AvgIpc) is 2.27. The Kier molecular flexibility index (Phi) is 4.43. The van der Waals surface area contributed by atoms with Gasteiger partial charge in [-0.2, -0.15) is 5.26 Å². The number of nitrogens with zero attached hydrogens (tertiary/aromatic N) is 1. The summed E-state index contributed by atoms with van der Waals surface area (Å²) in [4.78, 5) is 0.0880. The van der Waals surface area contributed by atoms with Crippen molar-refractivity contribution in [1.29, 1.82) is 5.26 Å². The van der Waals surface area contributed by atoms with Crippen LogP contribution >= 0.6 is 0 Å². The van der Waals surface area contributed by atoms with E-state index in [1.807, 2.05) is 6.07 Å². The zero-order chi connectivity index (χ0) is 12.0. The van der Waals surface area contributed by atoms with Crippen molar-refractivity contribution in [1.82, 2.24) is 4.72 Å². The Hall–Kier alpha value is -1.42. The maximum Gasteiger partial charge on any atom is 0.240 e. The lowest BCUT2D eigenvalue weighted by atomic mass is 10.2. The monoisotopic (exact) mass is 240 g/mol. The van der Waals surface area contributed by atoms with Crippen LogP contribution in [0.2, 0.25) is 0 Å². The molecule has 86 valence electrons. The van der Waals surface area contributed by atoms with Gasteiger partial charge in [0, 0.05) is 6.54 Å². The summed E-state index contributed by atoms with van der Waals surface area (Å²) in [6.07, 6.45) is 0.0379. The van der Waals surface area contributed by atoms with Crippen molar-refractivity contribution in [2.75, 3.05) is 13.2 Å². The number of aliphatic hydroxyl groups is 1. The molecule has 0 unspecified atom stereocenters. The SMILES string of the molecule is N#CCc1ccccc1S(=O)(=O)NCCO. The van der Waals surface area contributed by atoms with Crippen molar-refractivity contribution < 1.29 is 13.5 Å². The molecule has 0 saturated carbocycles. The van der Waals surface area contributed by atoms with Crippen LogP contribution < -0.4 is 4.72 Å². The Morgan fingerprint density at radius 3 is 2.69 bits per heavy atom. The fourth-order valence-corrected chi connectivity index (χ4v) is 2.51. The van der Waals surface area contributed by atoms with Crippen LogP contribution in [0, 0.1) is 11.3 Å². The summed E-state index contributed by atoms with van der Waals surface area (Å²) in [5, 5.41) is 17.2. The standard InChI is InChI=1S/C10H12N2O3S/c11-6-5-9-3-1-2-4-10(9)16(14,15)12-7-8-13/h1-4,12-13H,5,7-8H2. The summed E-state index contributed by atoms with van der Waals surface area (Å²) in [7, 11) is -3.64. The van der Waals surface area contributed by atoms with E-state index in [0.29, 0.717) is 5.56 Å². The van der Waals surface area contributed by atoms with Crippen LogP contribution in [0.4, 0.5) is 0 Å². The van der Waals surface area contributed by atoms with E-state index in [4.69, 9.17) is 10.4 Å². The molecule has 0 bridgehead atoms. The fourth-order valence-electron chi connectivity index (χ4n) is 1.25. The van der Waals surface area contributed by atoms with Crippen LogP contribution in [-0.4, -0.2) is 26.7 Å². The predicted octanol–water partition coefficient (Wildman–Crippen LogP) is 0.0233. The van der Waals surface area contributed by atoms with Crippen LogP contribution in [0.25, 0.3) is 0 Å². The first kappa shape index (κ1) is 12.6. The summed E-state index contributed by atoms with van der Waals surface area (Å²) in [6.45, 7) is -0.303. The van der Waals surface area contributed by atoms with Crippen LogP contribution in [0.3, 0.4) is 0 Å². The Morgan fingerprint density at radius 1 is 1.38 bits per heavy atom. The van der Waals surface area contributed by atoms with Gasteiger partial charge in [0.15, 0.2) is 0 Å². The van der Waals surface area contributed by atoms with E-state index < -0.39 is 10.0 Å². The Balaban J connectivity index is 3.08. The highest BCUT2D eigenvalue weighted by Gasteiger charge is 2.16. The quantitative estimate of drug-likeness (QED) is 0.759. The molecule has 0 radical (unpaired) electrons. The molecule has 0 saturated heterocycles. The minimum atomic E-state index is -3.64. The van der Waals surface area contributed by atoms with Gasteiger partial charge in [-0.3, -0.25) is 0 Å². The summed E-state index contributed by atoms with van der Waals surface area (Å²) >= 11 is 0. The maximum absolute atomic E-state index is 11.8. The smallest absolute Gasteiger partial charge is 0.240 e. The zero-order valence-corrected chi connectivity index (χ0v) is 9.37. The molecule has 2 N–H and O–H groups in total. The van der Waals surface area contributed by atoms with E-state index in [9.17, 15) is 8.42 Å². The highest BCUT2D eigenvalue weighted by atomic mass is 32.2. The molecule has 0 spiro atoms. The first-order valence-corrected chi connectivity index (χ1v) is 6.15. The van der Waals surface area contributed by atoms with Crippen LogP contribution in [0.5, 0.6) is 0 Å². The molecule has 5 nitrogen and oxygen atoms in total. The van der Waals surface area contributed by atoms with Crippen molar-refractivity contribution in [3.05, 3.63) is 29.8 Å². The molecule has 16 heavy (non-hydrogen) atoms. The van der Waals surface area contributed by atoms with Crippen molar-refractivity contribution >= 4 is 10.0 Å². The summed E-state index contributed by atoms with van der Waals surface area (Å²) in [5.74, 6) is 0. The van der Waals surface area contributed by atoms with Gasteiger partial charge in [0.2, 0.25) is 10.0 Å². The molecule has 0 atom stereocenters.